The Balaban J connectivity index is 0.0000418. The number of rotatable bonds is 62. The molecule has 0 aromatic rings. The molecule has 1 heterocycles. The fourth-order valence-corrected chi connectivity index (χ4v) is 11.8. The fraction of sp³-hybridized carbons (Fsp3) is 0.716. The quantitative estimate of drug-likeness (QED) is 0.0153. The molecular formula is C67H107N9O37S. The van der Waals surface area contributed by atoms with Crippen molar-refractivity contribution in [3.05, 3.63) is 12.7 Å². The summed E-state index contributed by atoms with van der Waals surface area (Å²) in [6, 6.07) is -9.19. The molecule has 20 atom stereocenters. The van der Waals surface area contributed by atoms with E-state index >= 15 is 0 Å². The van der Waals surface area contributed by atoms with Gasteiger partial charge in [-0.1, -0.05) is 6.08 Å². The van der Waals surface area contributed by atoms with Gasteiger partial charge in [0.05, 0.1) is 61.5 Å². The number of likely N-dealkylation sites (tertiary alicyclic amines) is 1. The van der Waals surface area contributed by atoms with Gasteiger partial charge in [-0.25, -0.2) is 9.59 Å². The lowest BCUT2D eigenvalue weighted by molar-refractivity contribution is -0.192. The van der Waals surface area contributed by atoms with Crippen molar-refractivity contribution in [2.45, 2.75) is 237 Å². The summed E-state index contributed by atoms with van der Waals surface area (Å²) < 4.78 is 0. The Morgan fingerprint density at radius 1 is 0.465 bits per heavy atom. The predicted molar refractivity (Wildman–Crippen MR) is 381 cm³/mol. The first-order valence-corrected chi connectivity index (χ1v) is 36.8. The molecule has 0 aromatic carbocycles. The van der Waals surface area contributed by atoms with Crippen LogP contribution in [0.4, 0.5) is 0 Å². The molecule has 1 saturated heterocycles. The topological polar surface area (TPSA) is 805 Å². The van der Waals surface area contributed by atoms with E-state index in [2.05, 4.69) is 43.8 Å². The summed E-state index contributed by atoms with van der Waals surface area (Å²) in [5.41, 5.74) is 6.01. The monoisotopic (exact) mass is 1660 g/mol. The second-order valence-corrected chi connectivity index (χ2v) is 27.7. The highest BCUT2D eigenvalue weighted by atomic mass is 32.2. The number of aliphatic hydroxyl groups excluding tert-OH is 15. The van der Waals surface area contributed by atoms with Gasteiger partial charge in [0.15, 0.2) is 11.6 Å². The number of carboxylic acids is 4. The molecule has 0 saturated carbocycles. The number of allylic oxidation sites excluding steroid dienone is 1. The van der Waals surface area contributed by atoms with Crippen molar-refractivity contribution in [1.29, 1.82) is 0 Å². The third kappa shape index (κ3) is 40.9. The smallest absolute Gasteiger partial charge is 0.373 e. The number of ketones is 3. The van der Waals surface area contributed by atoms with Gasteiger partial charge in [-0.15, -0.1) is 18.3 Å². The van der Waals surface area contributed by atoms with Crippen molar-refractivity contribution in [3.8, 4) is 0 Å². The predicted octanol–water partition coefficient (Wildman–Crippen LogP) is -11.9. The van der Waals surface area contributed by atoms with Crippen LogP contribution >= 0.6 is 11.8 Å². The van der Waals surface area contributed by atoms with Gasteiger partial charge in [0.1, 0.15) is 72.8 Å². The van der Waals surface area contributed by atoms with Crippen LogP contribution in [0.25, 0.3) is 0 Å². The lowest BCUT2D eigenvalue weighted by Crippen LogP contribution is -2.51. The first-order chi connectivity index (χ1) is 53.5. The Morgan fingerprint density at radius 2 is 0.833 bits per heavy atom. The number of carboxylic acid groups (broad SMARTS) is 4. The summed E-state index contributed by atoms with van der Waals surface area (Å²) in [6.45, 7) is -2.69. The molecule has 114 heavy (non-hydrogen) atoms. The van der Waals surface area contributed by atoms with E-state index in [-0.39, 0.29) is 31.2 Å². The van der Waals surface area contributed by atoms with Crippen LogP contribution in [0.5, 0.6) is 0 Å². The highest BCUT2D eigenvalue weighted by molar-refractivity contribution is 8.00. The van der Waals surface area contributed by atoms with Gasteiger partial charge in [0.25, 0.3) is 0 Å². The van der Waals surface area contributed by atoms with E-state index in [9.17, 15) is 158 Å². The average Bonchev–Trinajstić information content (AvgIpc) is 1.69. The van der Waals surface area contributed by atoms with Crippen molar-refractivity contribution < 1.29 is 183 Å². The number of nitrogens with one attached hydrogen (secondary N) is 7. The Labute approximate surface area is 654 Å². The zero-order valence-corrected chi connectivity index (χ0v) is 62.7. The Kier molecular flexibility index (Phi) is 52.0. The maximum Gasteiger partial charge on any atom is 0.373 e. The number of thioether (sulfide) groups is 1. The number of aliphatic carboxylic acids is 4. The van der Waals surface area contributed by atoms with Gasteiger partial charge in [-0.3, -0.25) is 72.0 Å². The minimum Gasteiger partial charge on any atom is -0.481 e. The number of nitrogens with zero attached hydrogens (tertiary/aromatic N) is 1. The van der Waals surface area contributed by atoms with E-state index in [1.54, 1.807) is 6.08 Å². The fourth-order valence-electron chi connectivity index (χ4n) is 10.6. The molecule has 0 radical (unpaired) electrons. The molecule has 1 fully saturated rings. The SMILES string of the molecule is C=CCCCCC(=O)CC[C@H](NC(=O)CCN1C(=O)CC(SC[C@@H](NC(=O)[C@H](CCC(=O)NC[C@H](O)[C@@H](O)[C@H](O)[C@H](O)CO)CC(=O)[C@@H](CCC(=O)O)NC(=O)[C@H](CCC(=O)NC[C@H](O)[C@@H](O)[C@H](O)[C@H](O)CO)CC(=O)[C@@H](CCC(=O)O)NC(=O)[C@@H](N)CCC(=O)NC[C@H](O)[C@@H](O)[C@H](O)[C@H](O)CO)C(=O)O)C1=O)C(=O)O.O=C=O. The molecule has 0 aromatic heterocycles. The molecule has 1 unspecified atom stereocenters. The van der Waals surface area contributed by atoms with E-state index in [1.807, 2.05) is 0 Å². The summed E-state index contributed by atoms with van der Waals surface area (Å²) in [7, 11) is 0. The number of aliphatic hydroxyl groups is 15. The van der Waals surface area contributed by atoms with Crippen molar-refractivity contribution in [2.75, 3.05) is 51.8 Å². The molecule has 46 nitrogen and oxygen atoms in total. The van der Waals surface area contributed by atoms with Crippen LogP contribution in [-0.2, 0) is 86.3 Å². The number of carbonyl (C=O) groups excluding carboxylic acids is 14. The Morgan fingerprint density at radius 3 is 1.21 bits per heavy atom. The number of hydrogen-bond donors (Lipinski definition) is 27. The van der Waals surface area contributed by atoms with E-state index in [0.717, 1.165) is 0 Å². The number of imide groups is 1. The van der Waals surface area contributed by atoms with E-state index in [1.165, 1.54) is 0 Å². The Bertz CT molecular complexity index is 3210. The van der Waals surface area contributed by atoms with Gasteiger partial charge in [0.2, 0.25) is 53.2 Å². The van der Waals surface area contributed by atoms with E-state index in [4.69, 9.17) is 30.6 Å². The van der Waals surface area contributed by atoms with Crippen LogP contribution in [-0.4, -0.2) is 363 Å². The van der Waals surface area contributed by atoms with Crippen molar-refractivity contribution in [2.24, 2.45) is 17.6 Å². The second-order valence-electron chi connectivity index (χ2n) is 26.5. The molecule has 1 aliphatic rings. The number of nitrogens with two attached hydrogens (primary N) is 1. The van der Waals surface area contributed by atoms with Crippen LogP contribution in [0.15, 0.2) is 12.7 Å². The number of unbranched alkanes of at least 4 members (excludes halogenated alkanes) is 2. The van der Waals surface area contributed by atoms with Crippen molar-refractivity contribution >= 4 is 112 Å². The molecule has 648 valence electrons. The molecule has 28 N–H and O–H groups in total. The third-order valence-electron chi connectivity index (χ3n) is 17.6. The van der Waals surface area contributed by atoms with Gasteiger partial charge in [-0.2, -0.15) is 9.59 Å². The first kappa shape index (κ1) is 105. The largest absolute Gasteiger partial charge is 0.481 e. The lowest BCUT2D eigenvalue weighted by Gasteiger charge is -2.26. The highest BCUT2D eigenvalue weighted by Crippen LogP contribution is 2.27. The van der Waals surface area contributed by atoms with Crippen LogP contribution in [0.2, 0.25) is 0 Å². The highest BCUT2D eigenvalue weighted by Gasteiger charge is 2.42. The number of amides is 9. The normalized spacial score (nSPS) is 17.7. The van der Waals surface area contributed by atoms with E-state index in [0.29, 0.717) is 35.9 Å². The molecule has 9 amide bonds. The lowest BCUT2D eigenvalue weighted by atomic mass is 9.89. The molecule has 47 heteroatoms. The summed E-state index contributed by atoms with van der Waals surface area (Å²) in [4.78, 5) is 228. The van der Waals surface area contributed by atoms with Crippen LogP contribution in [0, 0.1) is 11.8 Å². The molecular weight excluding hydrogens is 1550 g/mol. The first-order valence-electron chi connectivity index (χ1n) is 35.7. The standard InChI is InChI=1S/C66H107N9O35S.CO2/c1-2-3-4-5-6-33(79)9-11-37(65(107)108)71-51(91)19-20-75-52(92)23-47(64(75)106)111-30-38(66(109)110)74-62(104)32(8-15-49(89)69-25-42(83)56(98)59(101)45(86)28-77)22-39(80)35(12-17-53(93)94)72-61(103)31(7-14-48(88)68-24-41(82)55(97)58(100)44(85)27-76)21-40(81)36(13-18-54(95)96)73-63(105)34(67)10-16-50(90)70-26-43(84)57(99)60(102)46(87)29-78;2-1-3/h2,31-32,34-38,41-47,55-60,76-78,82-87,97-102H,1,3-30,67H2,(H,68,88)(H,69,89)(H,70,90)(H,71,91)(H,72,103)(H,73,105)(H,74,104)(H,93,94)(H,95,96)(H,107,108)(H,109,110);/t31-,32-,34+,35-,36-,37+,38-,41+,42+,43+,44-,45-,46-,47?,55-,56-,57-,58-,59-,60-;/m1./s1. The number of Topliss-reactive ketones (excluding diaryl/α,β-unsaturated/α-hetero) is 3. The molecule has 0 bridgehead atoms. The summed E-state index contributed by atoms with van der Waals surface area (Å²) in [5, 5.41) is 201. The summed E-state index contributed by atoms with van der Waals surface area (Å²) >= 11 is 0.525. The molecule has 1 rings (SSSR count). The average molecular weight is 1660 g/mol. The Hall–Kier alpha value is -8.85. The zero-order chi connectivity index (χ0) is 87.2. The summed E-state index contributed by atoms with van der Waals surface area (Å²) in [5.74, 6) is -23.5. The maximum atomic E-state index is 14.6. The van der Waals surface area contributed by atoms with E-state index < -0.39 is 351 Å². The minimum atomic E-state index is -2.20. The summed E-state index contributed by atoms with van der Waals surface area (Å²) in [6.07, 6.45) is -32.5. The number of hydrogen-bond acceptors (Lipinski definition) is 35. The van der Waals surface area contributed by atoms with Crippen molar-refractivity contribution in [3.63, 3.8) is 0 Å². The van der Waals surface area contributed by atoms with Crippen molar-refractivity contribution in [1.82, 2.24) is 42.1 Å². The second kappa shape index (κ2) is 56.4. The number of carbonyl (C=O) groups is 16. The van der Waals surface area contributed by atoms with Crippen LogP contribution in [0.3, 0.4) is 0 Å². The van der Waals surface area contributed by atoms with Gasteiger partial charge in [0, 0.05) is 114 Å². The van der Waals surface area contributed by atoms with Crippen LogP contribution < -0.4 is 43.0 Å². The minimum absolute atomic E-state index is 0.165. The molecule has 0 spiro atoms. The van der Waals surface area contributed by atoms with Crippen LogP contribution in [0.1, 0.15) is 128 Å². The zero-order valence-electron chi connectivity index (χ0n) is 61.9. The molecule has 1 aliphatic heterocycles. The third-order valence-corrected chi connectivity index (χ3v) is 18.9. The molecule has 0 aliphatic carbocycles. The van der Waals surface area contributed by atoms with Gasteiger partial charge in [-0.05, 0) is 57.8 Å². The van der Waals surface area contributed by atoms with Gasteiger partial charge < -0.3 is 140 Å². The maximum absolute atomic E-state index is 14.6. The van der Waals surface area contributed by atoms with Gasteiger partial charge >= 0.3 is 30.0 Å².